The zero-order chi connectivity index (χ0) is 12.7. The largest absolute Gasteiger partial charge is 0.329 e. The lowest BCUT2D eigenvalue weighted by atomic mass is 9.94. The third kappa shape index (κ3) is 4.10. The third-order valence-corrected chi connectivity index (χ3v) is 3.58. The summed E-state index contributed by atoms with van der Waals surface area (Å²) < 4.78 is 0. The predicted molar refractivity (Wildman–Crippen MR) is 72.9 cm³/mol. The Labute approximate surface area is 105 Å². The monoisotopic (exact) mass is 235 g/mol. The van der Waals surface area contributed by atoms with E-state index >= 15 is 0 Å². The Morgan fingerprint density at radius 2 is 2.18 bits per heavy atom. The molecule has 0 saturated heterocycles. The fourth-order valence-corrected chi connectivity index (χ4v) is 2.09. The van der Waals surface area contributed by atoms with Gasteiger partial charge in [0.2, 0.25) is 0 Å². The van der Waals surface area contributed by atoms with Crippen LogP contribution in [0.5, 0.6) is 0 Å². The summed E-state index contributed by atoms with van der Waals surface area (Å²) in [4.78, 5) is 6.71. The first-order valence-corrected chi connectivity index (χ1v) is 6.43. The van der Waals surface area contributed by atoms with Gasteiger partial charge in [0.05, 0.1) is 0 Å². The van der Waals surface area contributed by atoms with E-state index in [4.69, 9.17) is 5.73 Å². The lowest BCUT2D eigenvalue weighted by molar-refractivity contribution is 0.134. The molecule has 2 N–H and O–H groups in total. The highest BCUT2D eigenvalue weighted by atomic mass is 15.2. The van der Waals surface area contributed by atoms with Crippen LogP contribution in [0.15, 0.2) is 24.4 Å². The predicted octanol–water partition coefficient (Wildman–Crippen LogP) is 2.07. The van der Waals surface area contributed by atoms with Gasteiger partial charge < -0.3 is 5.73 Å². The van der Waals surface area contributed by atoms with E-state index in [1.54, 1.807) is 0 Å². The molecule has 96 valence electrons. The zero-order valence-corrected chi connectivity index (χ0v) is 11.3. The molecular weight excluding hydrogens is 210 g/mol. The van der Waals surface area contributed by atoms with Crippen LogP contribution in [-0.4, -0.2) is 35.6 Å². The lowest BCUT2D eigenvalue weighted by Gasteiger charge is -2.38. The average molecular weight is 235 g/mol. The molecular formula is C14H25N3. The highest BCUT2D eigenvalue weighted by Crippen LogP contribution is 2.18. The first-order valence-electron chi connectivity index (χ1n) is 6.43. The van der Waals surface area contributed by atoms with Gasteiger partial charge in [-0.2, -0.15) is 0 Å². The molecule has 1 rings (SSSR count). The molecule has 0 aliphatic rings. The van der Waals surface area contributed by atoms with Crippen LogP contribution in [0.3, 0.4) is 0 Å². The molecule has 0 aliphatic carbocycles. The van der Waals surface area contributed by atoms with E-state index in [0.29, 0.717) is 6.54 Å². The van der Waals surface area contributed by atoms with Crippen molar-refractivity contribution in [3.8, 4) is 0 Å². The van der Waals surface area contributed by atoms with Gasteiger partial charge in [0.25, 0.3) is 0 Å². The molecule has 1 atom stereocenters. The molecule has 1 aromatic heterocycles. The molecule has 0 aromatic carbocycles. The molecule has 1 heterocycles. The van der Waals surface area contributed by atoms with E-state index in [0.717, 1.165) is 25.1 Å². The van der Waals surface area contributed by atoms with Crippen molar-refractivity contribution in [2.45, 2.75) is 38.6 Å². The van der Waals surface area contributed by atoms with Crippen molar-refractivity contribution >= 4 is 0 Å². The summed E-state index contributed by atoms with van der Waals surface area (Å²) in [7, 11) is 2.16. The molecule has 0 saturated carbocycles. The van der Waals surface area contributed by atoms with Gasteiger partial charge >= 0.3 is 0 Å². The Bertz CT molecular complexity index is 313. The molecule has 0 amide bonds. The van der Waals surface area contributed by atoms with E-state index in [1.807, 2.05) is 18.3 Å². The van der Waals surface area contributed by atoms with Crippen molar-refractivity contribution in [2.75, 3.05) is 20.1 Å². The Morgan fingerprint density at radius 3 is 2.71 bits per heavy atom. The average Bonchev–Trinajstić information content (AvgIpc) is 2.37. The zero-order valence-electron chi connectivity index (χ0n) is 11.3. The van der Waals surface area contributed by atoms with Crippen LogP contribution in [0.25, 0.3) is 0 Å². The Kier molecular flexibility index (Phi) is 5.59. The number of pyridine rings is 1. The maximum absolute atomic E-state index is 5.91. The molecule has 0 radical (unpaired) electrons. The Morgan fingerprint density at radius 1 is 1.41 bits per heavy atom. The minimum absolute atomic E-state index is 0.115. The summed E-state index contributed by atoms with van der Waals surface area (Å²) in [6.45, 7) is 6.17. The van der Waals surface area contributed by atoms with E-state index in [2.05, 4.69) is 36.8 Å². The van der Waals surface area contributed by atoms with Crippen molar-refractivity contribution in [2.24, 2.45) is 5.73 Å². The summed E-state index contributed by atoms with van der Waals surface area (Å²) in [6.07, 6.45) is 5.14. The number of nitrogens with zero attached hydrogens (tertiary/aromatic N) is 2. The number of hydrogen-bond donors (Lipinski definition) is 1. The molecule has 0 bridgehead atoms. The normalized spacial score (nSPS) is 14.9. The molecule has 3 heteroatoms. The summed E-state index contributed by atoms with van der Waals surface area (Å²) in [5.74, 6) is 0. The lowest BCUT2D eigenvalue weighted by Crippen LogP contribution is -2.50. The number of hydrogen-bond acceptors (Lipinski definition) is 3. The van der Waals surface area contributed by atoms with Crippen LogP contribution in [0.2, 0.25) is 0 Å². The topological polar surface area (TPSA) is 42.1 Å². The molecule has 0 aliphatic heterocycles. The highest BCUT2D eigenvalue weighted by Gasteiger charge is 2.26. The van der Waals surface area contributed by atoms with E-state index < -0.39 is 0 Å². The minimum atomic E-state index is 0.115. The SMILES string of the molecule is CCCC(C)(CN)N(C)CCc1ccccn1. The molecule has 0 spiro atoms. The first kappa shape index (κ1) is 14.1. The van der Waals surface area contributed by atoms with Gasteiger partial charge in [0.1, 0.15) is 0 Å². The smallest absolute Gasteiger partial charge is 0.0416 e. The highest BCUT2D eigenvalue weighted by molar-refractivity contribution is 5.04. The van der Waals surface area contributed by atoms with Gasteiger partial charge in [0.15, 0.2) is 0 Å². The van der Waals surface area contributed by atoms with Crippen molar-refractivity contribution < 1.29 is 0 Å². The maximum atomic E-state index is 5.91. The van der Waals surface area contributed by atoms with Crippen LogP contribution in [0.4, 0.5) is 0 Å². The summed E-state index contributed by atoms with van der Waals surface area (Å²) >= 11 is 0. The van der Waals surface area contributed by atoms with Crippen molar-refractivity contribution in [1.29, 1.82) is 0 Å². The number of likely N-dealkylation sites (N-methyl/N-ethyl adjacent to an activating group) is 1. The molecule has 17 heavy (non-hydrogen) atoms. The first-order chi connectivity index (χ1) is 8.12. The van der Waals surface area contributed by atoms with Crippen molar-refractivity contribution in [3.05, 3.63) is 30.1 Å². The van der Waals surface area contributed by atoms with Crippen molar-refractivity contribution in [3.63, 3.8) is 0 Å². The molecule has 0 fully saturated rings. The Balaban J connectivity index is 2.50. The van der Waals surface area contributed by atoms with Gasteiger partial charge in [-0.25, -0.2) is 0 Å². The molecule has 3 nitrogen and oxygen atoms in total. The molecule has 1 aromatic rings. The van der Waals surface area contributed by atoms with Gasteiger partial charge in [0, 0.05) is 36.9 Å². The van der Waals surface area contributed by atoms with E-state index in [9.17, 15) is 0 Å². The van der Waals surface area contributed by atoms with Crippen LogP contribution >= 0.6 is 0 Å². The number of aromatic nitrogens is 1. The third-order valence-electron chi connectivity index (χ3n) is 3.58. The van der Waals surface area contributed by atoms with Gasteiger partial charge in [-0.1, -0.05) is 19.4 Å². The van der Waals surface area contributed by atoms with Gasteiger partial charge in [-0.3, -0.25) is 9.88 Å². The number of rotatable bonds is 7. The minimum Gasteiger partial charge on any atom is -0.329 e. The fraction of sp³-hybridized carbons (Fsp3) is 0.643. The summed E-state index contributed by atoms with van der Waals surface area (Å²) in [5.41, 5.74) is 7.17. The Hall–Kier alpha value is -0.930. The second-order valence-electron chi connectivity index (χ2n) is 4.94. The second-order valence-corrected chi connectivity index (χ2v) is 4.94. The number of nitrogens with two attached hydrogens (primary N) is 1. The van der Waals surface area contributed by atoms with Gasteiger partial charge in [-0.15, -0.1) is 0 Å². The second kappa shape index (κ2) is 6.72. The van der Waals surface area contributed by atoms with Crippen LogP contribution < -0.4 is 5.73 Å². The van der Waals surface area contributed by atoms with Crippen LogP contribution in [0.1, 0.15) is 32.4 Å². The molecule has 1 unspecified atom stereocenters. The fourth-order valence-electron chi connectivity index (χ4n) is 2.09. The standard InChI is InChI=1S/C14H25N3/c1-4-9-14(2,12-15)17(3)11-8-13-7-5-6-10-16-13/h5-7,10H,4,8-9,11-12,15H2,1-3H3. The van der Waals surface area contributed by atoms with Crippen LogP contribution in [-0.2, 0) is 6.42 Å². The quantitative estimate of drug-likeness (QED) is 0.786. The van der Waals surface area contributed by atoms with Gasteiger partial charge in [-0.05, 0) is 32.5 Å². The van der Waals surface area contributed by atoms with Crippen LogP contribution in [0, 0.1) is 0 Å². The summed E-state index contributed by atoms with van der Waals surface area (Å²) in [6, 6.07) is 6.07. The maximum Gasteiger partial charge on any atom is 0.0416 e. The van der Waals surface area contributed by atoms with E-state index in [-0.39, 0.29) is 5.54 Å². The van der Waals surface area contributed by atoms with E-state index in [1.165, 1.54) is 6.42 Å². The van der Waals surface area contributed by atoms with Crippen molar-refractivity contribution in [1.82, 2.24) is 9.88 Å². The summed E-state index contributed by atoms with van der Waals surface area (Å²) in [5, 5.41) is 0.